The van der Waals surface area contributed by atoms with Crippen molar-refractivity contribution in [3.8, 4) is 0 Å². The first kappa shape index (κ1) is 6.34. The number of unbranched alkanes of at least 4 members (excludes halogenated alkanes) is 1. The van der Waals surface area contributed by atoms with Crippen LogP contribution < -0.4 is 0 Å². The summed E-state index contributed by atoms with van der Waals surface area (Å²) < 4.78 is 0. The van der Waals surface area contributed by atoms with Crippen LogP contribution >= 0.6 is 0 Å². The predicted molar refractivity (Wildman–Crippen MR) is 29.7 cm³/mol. The van der Waals surface area contributed by atoms with Crippen LogP contribution in [0.2, 0.25) is 0 Å². The Morgan fingerprint density at radius 1 is 1.71 bits per heavy atom. The number of carbonyl (C=O) groups is 1. The summed E-state index contributed by atoms with van der Waals surface area (Å²) in [7, 11) is 0. The number of hydrogen-bond donors (Lipinski definition) is 0. The fraction of sp³-hybridized carbons (Fsp3) is 0.600. The summed E-state index contributed by atoms with van der Waals surface area (Å²) in [5.74, 6) is 0. The van der Waals surface area contributed by atoms with Crippen LogP contribution in [-0.4, -0.2) is 19.5 Å². The first-order valence-electron chi connectivity index (χ1n) is 2.28. The lowest BCUT2D eigenvalue weighted by Crippen LogP contribution is -1.79. The number of nitrogens with zero attached hydrogens (tertiary/aromatic N) is 1. The van der Waals surface area contributed by atoms with Crippen molar-refractivity contribution in [3.05, 3.63) is 0 Å². The van der Waals surface area contributed by atoms with Crippen LogP contribution in [0.25, 0.3) is 0 Å². The van der Waals surface area contributed by atoms with Gasteiger partial charge in [0.2, 0.25) is 0 Å². The van der Waals surface area contributed by atoms with Crippen LogP contribution in [0.5, 0.6) is 0 Å². The van der Waals surface area contributed by atoms with E-state index in [4.69, 9.17) is 0 Å². The summed E-state index contributed by atoms with van der Waals surface area (Å²) in [6.07, 6.45) is 2.34. The summed E-state index contributed by atoms with van der Waals surface area (Å²) in [5.41, 5.74) is 0. The van der Waals surface area contributed by atoms with Gasteiger partial charge in [0.15, 0.2) is 0 Å². The molecule has 7 heavy (non-hydrogen) atoms. The zero-order valence-electron chi connectivity index (χ0n) is 4.26. The number of aldehydes is 1. The van der Waals surface area contributed by atoms with Crippen molar-refractivity contribution >= 4 is 13.0 Å². The molecule has 0 aromatic rings. The van der Waals surface area contributed by atoms with Crippen molar-refractivity contribution in [2.45, 2.75) is 12.8 Å². The largest absolute Gasteiger partial charge is 0.303 e. The molecule has 0 atom stereocenters. The number of aliphatic imine (C=N–C) groups is 1. The fourth-order valence-electron chi connectivity index (χ4n) is 0.286. The van der Waals surface area contributed by atoms with Gasteiger partial charge in [-0.3, -0.25) is 0 Å². The molecule has 2 heteroatoms. The maximum Gasteiger partial charge on any atom is 0.120 e. The lowest BCUT2D eigenvalue weighted by Gasteiger charge is -1.82. The maximum atomic E-state index is 9.62. The van der Waals surface area contributed by atoms with E-state index in [2.05, 4.69) is 11.7 Å². The highest BCUT2D eigenvalue weighted by Gasteiger charge is 1.77. The first-order chi connectivity index (χ1) is 3.41. The van der Waals surface area contributed by atoms with Gasteiger partial charge in [0.25, 0.3) is 0 Å². The molecule has 0 radical (unpaired) electrons. The van der Waals surface area contributed by atoms with Gasteiger partial charge in [-0.05, 0) is 13.1 Å². The highest BCUT2D eigenvalue weighted by molar-refractivity contribution is 5.49. The molecule has 0 saturated carbocycles. The average Bonchev–Trinajstić information content (AvgIpc) is 1.69. The van der Waals surface area contributed by atoms with Crippen LogP contribution in [-0.2, 0) is 4.79 Å². The van der Waals surface area contributed by atoms with Gasteiger partial charge in [-0.25, -0.2) is 0 Å². The number of rotatable bonds is 4. The minimum absolute atomic E-state index is 0.610. The molecule has 0 aliphatic carbocycles. The molecule has 0 aliphatic heterocycles. The SMILES string of the molecule is C=NCCCC=O. The van der Waals surface area contributed by atoms with Crippen molar-refractivity contribution in [1.29, 1.82) is 0 Å². The Kier molecular flexibility index (Phi) is 4.84. The topological polar surface area (TPSA) is 29.4 Å². The minimum Gasteiger partial charge on any atom is -0.303 e. The second-order valence-corrected chi connectivity index (χ2v) is 1.26. The monoisotopic (exact) mass is 99.1 g/mol. The number of hydrogen-bond acceptors (Lipinski definition) is 2. The third-order valence-electron chi connectivity index (χ3n) is 0.638. The first-order valence-corrected chi connectivity index (χ1v) is 2.28. The van der Waals surface area contributed by atoms with Gasteiger partial charge in [-0.15, -0.1) is 0 Å². The van der Waals surface area contributed by atoms with Crippen molar-refractivity contribution in [1.82, 2.24) is 0 Å². The van der Waals surface area contributed by atoms with Crippen LogP contribution in [0.15, 0.2) is 4.99 Å². The Bertz CT molecular complexity index is 53.1. The highest BCUT2D eigenvalue weighted by atomic mass is 16.1. The van der Waals surface area contributed by atoms with E-state index >= 15 is 0 Å². The Hall–Kier alpha value is -0.660. The van der Waals surface area contributed by atoms with E-state index in [-0.39, 0.29) is 0 Å². The molecular weight excluding hydrogens is 90.1 g/mol. The quantitative estimate of drug-likeness (QED) is 0.289. The molecule has 40 valence electrons. The molecule has 0 heterocycles. The third kappa shape index (κ3) is 5.34. The molecule has 0 unspecified atom stereocenters. The molecule has 0 aliphatic rings. The molecule has 0 saturated heterocycles. The lowest BCUT2D eigenvalue weighted by atomic mass is 10.3. The Labute approximate surface area is 43.3 Å². The van der Waals surface area contributed by atoms with E-state index < -0.39 is 0 Å². The fourth-order valence-corrected chi connectivity index (χ4v) is 0.286. The van der Waals surface area contributed by atoms with E-state index in [0.717, 1.165) is 12.7 Å². The van der Waals surface area contributed by atoms with Crippen molar-refractivity contribution in [3.63, 3.8) is 0 Å². The summed E-state index contributed by atoms with van der Waals surface area (Å²) in [5, 5.41) is 0. The molecular formula is C5H9NO. The molecule has 0 fully saturated rings. The Morgan fingerprint density at radius 3 is 2.86 bits per heavy atom. The highest BCUT2D eigenvalue weighted by Crippen LogP contribution is 1.81. The van der Waals surface area contributed by atoms with Crippen LogP contribution in [0.4, 0.5) is 0 Å². The lowest BCUT2D eigenvalue weighted by molar-refractivity contribution is -0.107. The zero-order valence-corrected chi connectivity index (χ0v) is 4.26. The van der Waals surface area contributed by atoms with Gasteiger partial charge in [0.1, 0.15) is 6.29 Å². The molecule has 0 amide bonds. The van der Waals surface area contributed by atoms with E-state index in [1.807, 2.05) is 0 Å². The van der Waals surface area contributed by atoms with E-state index in [1.54, 1.807) is 0 Å². The molecule has 0 aromatic heterocycles. The van der Waals surface area contributed by atoms with Crippen molar-refractivity contribution < 1.29 is 4.79 Å². The van der Waals surface area contributed by atoms with Gasteiger partial charge in [-0.1, -0.05) is 0 Å². The summed E-state index contributed by atoms with van der Waals surface area (Å²) in [6.45, 7) is 3.97. The summed E-state index contributed by atoms with van der Waals surface area (Å²) in [6, 6.07) is 0. The molecule has 0 aromatic carbocycles. The van der Waals surface area contributed by atoms with Crippen molar-refractivity contribution in [2.24, 2.45) is 4.99 Å². The molecule has 0 bridgehead atoms. The standard InChI is InChI=1S/C5H9NO/c1-6-4-2-3-5-7/h5H,1-4H2. The third-order valence-corrected chi connectivity index (χ3v) is 0.638. The minimum atomic E-state index is 0.610. The molecule has 0 rings (SSSR count). The average molecular weight is 99.1 g/mol. The van der Waals surface area contributed by atoms with Crippen LogP contribution in [0, 0.1) is 0 Å². The molecule has 0 N–H and O–H groups in total. The molecule has 0 spiro atoms. The normalized spacial score (nSPS) is 8.00. The smallest absolute Gasteiger partial charge is 0.120 e. The van der Waals surface area contributed by atoms with Gasteiger partial charge >= 0.3 is 0 Å². The number of carbonyl (C=O) groups excluding carboxylic acids is 1. The van der Waals surface area contributed by atoms with Gasteiger partial charge in [-0.2, -0.15) is 0 Å². The van der Waals surface area contributed by atoms with E-state index in [9.17, 15) is 4.79 Å². The van der Waals surface area contributed by atoms with E-state index in [1.165, 1.54) is 0 Å². The maximum absolute atomic E-state index is 9.62. The van der Waals surface area contributed by atoms with Crippen molar-refractivity contribution in [2.75, 3.05) is 6.54 Å². The van der Waals surface area contributed by atoms with Crippen LogP contribution in [0.1, 0.15) is 12.8 Å². The van der Waals surface area contributed by atoms with E-state index in [0.29, 0.717) is 13.0 Å². The predicted octanol–water partition coefficient (Wildman–Crippen LogP) is 0.666. The second-order valence-electron chi connectivity index (χ2n) is 1.26. The van der Waals surface area contributed by atoms with Gasteiger partial charge in [0.05, 0.1) is 0 Å². The second kappa shape index (κ2) is 5.34. The van der Waals surface area contributed by atoms with Gasteiger partial charge < -0.3 is 9.79 Å². The zero-order chi connectivity index (χ0) is 5.54. The summed E-state index contributed by atoms with van der Waals surface area (Å²) >= 11 is 0. The Balaban J connectivity index is 2.68. The summed E-state index contributed by atoms with van der Waals surface area (Å²) in [4.78, 5) is 13.2. The van der Waals surface area contributed by atoms with Gasteiger partial charge in [0, 0.05) is 13.0 Å². The molecule has 2 nitrogen and oxygen atoms in total. The Morgan fingerprint density at radius 2 is 2.43 bits per heavy atom. The van der Waals surface area contributed by atoms with Crippen LogP contribution in [0.3, 0.4) is 0 Å².